The molecule has 1 N–H and O–H groups in total. The first-order valence-corrected chi connectivity index (χ1v) is 36.7. The molecule has 3 aliphatic heterocycles. The molecule has 3 aliphatic rings. The van der Waals surface area contributed by atoms with Crippen molar-refractivity contribution in [3.8, 4) is 56.9 Å². The van der Waals surface area contributed by atoms with E-state index >= 15 is 0 Å². The van der Waals surface area contributed by atoms with Crippen LogP contribution < -0.4 is 0 Å². The normalized spacial score (nSPS) is 14.0. The molecule has 0 aliphatic carbocycles. The Hall–Kier alpha value is -13.5. The number of nitro benzene ring substituents is 1. The van der Waals surface area contributed by atoms with Crippen LogP contribution in [0.5, 0.6) is 0 Å². The molecule has 14 aromatic carbocycles. The van der Waals surface area contributed by atoms with Crippen molar-refractivity contribution >= 4 is 115 Å². The molecule has 0 unspecified atom stereocenters. The molecule has 0 saturated carbocycles. The largest absolute Gasteiger partial charge is 0.354 e. The molecular weight excluding hydrogens is 1310 g/mol. The first kappa shape index (κ1) is 62.1. The number of para-hydroxylation sites is 9. The summed E-state index contributed by atoms with van der Waals surface area (Å²) in [4.78, 5) is 30.6. The molecule has 9 heterocycles. The van der Waals surface area contributed by atoms with Gasteiger partial charge in [-0.3, -0.25) is 14.7 Å². The highest BCUT2D eigenvalue weighted by Crippen LogP contribution is 2.55. The second kappa shape index (κ2) is 22.7. The lowest BCUT2D eigenvalue weighted by Gasteiger charge is -2.35. The van der Waals surface area contributed by atoms with Crippen LogP contribution in [-0.2, 0) is 16.2 Å². The molecule has 510 valence electrons. The summed E-state index contributed by atoms with van der Waals surface area (Å²) in [7, 11) is 0. The molecular formula is C96H69N9O2. The van der Waals surface area contributed by atoms with E-state index < -0.39 is 0 Å². The number of hydrogen-bond donors (Lipinski definition) is 1. The van der Waals surface area contributed by atoms with Crippen molar-refractivity contribution in [3.05, 3.63) is 347 Å². The summed E-state index contributed by atoms with van der Waals surface area (Å²) >= 11 is 0. The zero-order valence-corrected chi connectivity index (χ0v) is 59.8. The van der Waals surface area contributed by atoms with E-state index in [1.807, 2.05) is 48.5 Å². The van der Waals surface area contributed by atoms with Crippen molar-refractivity contribution in [2.24, 2.45) is 0 Å². The Morgan fingerprint density at radius 2 is 0.710 bits per heavy atom. The van der Waals surface area contributed by atoms with E-state index in [1.54, 1.807) is 12.1 Å². The zero-order valence-electron chi connectivity index (χ0n) is 59.8. The number of rotatable bonds is 5. The molecule has 11 nitrogen and oxygen atoms in total. The second-order valence-electron chi connectivity index (χ2n) is 30.3. The van der Waals surface area contributed by atoms with Gasteiger partial charge in [-0.2, -0.15) is 9.97 Å². The maximum Gasteiger partial charge on any atom is 0.277 e. The summed E-state index contributed by atoms with van der Waals surface area (Å²) in [5.41, 5.74) is 26.7. The van der Waals surface area contributed by atoms with Crippen LogP contribution in [0.2, 0.25) is 0 Å². The topological polar surface area (TPSA) is 117 Å². The lowest BCUT2D eigenvalue weighted by molar-refractivity contribution is -0.384. The van der Waals surface area contributed by atoms with Gasteiger partial charge in [0.2, 0.25) is 5.95 Å². The van der Waals surface area contributed by atoms with Crippen LogP contribution >= 0.6 is 0 Å². The fourth-order valence-corrected chi connectivity index (χ4v) is 18.5. The van der Waals surface area contributed by atoms with Gasteiger partial charge in [0.25, 0.3) is 5.69 Å². The van der Waals surface area contributed by atoms with Gasteiger partial charge in [0.15, 0.2) is 11.6 Å². The quantitative estimate of drug-likeness (QED) is 0.136. The van der Waals surface area contributed by atoms with E-state index in [0.29, 0.717) is 23.2 Å². The smallest absolute Gasteiger partial charge is 0.277 e. The maximum absolute atomic E-state index is 11.7. The van der Waals surface area contributed by atoms with Gasteiger partial charge in [0, 0.05) is 92.8 Å². The predicted octanol–water partition coefficient (Wildman–Crippen LogP) is 24.1. The molecule has 0 amide bonds. The number of nitrogens with zero attached hydrogens (tertiary/aromatic N) is 8. The van der Waals surface area contributed by atoms with E-state index in [4.69, 9.17) is 15.0 Å². The average Bonchev–Trinajstić information content (AvgIpc) is 1.53. The van der Waals surface area contributed by atoms with Gasteiger partial charge in [-0.15, -0.1) is 0 Å². The Morgan fingerprint density at radius 1 is 0.318 bits per heavy atom. The second-order valence-corrected chi connectivity index (χ2v) is 30.3. The molecule has 6 aromatic heterocycles. The first-order chi connectivity index (χ1) is 52.2. The molecule has 0 atom stereocenters. The van der Waals surface area contributed by atoms with E-state index in [2.05, 4.69) is 307 Å². The number of nitro groups is 1. The number of aromatic amines is 1. The number of hydrogen-bond acceptors (Lipinski definition) is 5. The minimum atomic E-state index is -0.297. The summed E-state index contributed by atoms with van der Waals surface area (Å²) in [6.07, 6.45) is 0. The molecule has 23 rings (SSSR count). The number of aromatic nitrogens is 8. The van der Waals surface area contributed by atoms with Crippen molar-refractivity contribution in [1.29, 1.82) is 0 Å². The molecule has 0 radical (unpaired) electrons. The van der Waals surface area contributed by atoms with Gasteiger partial charge >= 0.3 is 0 Å². The highest BCUT2D eigenvalue weighted by Gasteiger charge is 2.40. The van der Waals surface area contributed by atoms with Gasteiger partial charge in [-0.25, -0.2) is 4.98 Å². The highest BCUT2D eigenvalue weighted by atomic mass is 16.6. The Kier molecular flexibility index (Phi) is 13.2. The standard InChI is InChI=1S/C42H29N5.C27H20N2O2.C27H20N2/c1-42(2)31-21-11-14-24-35(31)46-34-23-13-10-20-29(34)36-37-30(25-32(42)38(36)46)28-19-9-12-22-33(28)47(37)41-44-39(26-15-5-3-6-16-26)43-40(45-41)27-17-7-4-8-18-27;1-27(2)21-11-5-8-14-25(21)28-23-12-6-4-10-19(23)20-15-17(16-22(27)26(20)28)18-9-3-7-13-24(18)29(30)31;1-27(2)19-11-5-8-14-23(19)29-22-13-7-4-10-17(22)24-25-18(15-20(27)26(24)29)16-9-3-6-12-21(16)28-25/h3-25H,1-2H3;3-16H,1-2H3;3-15,28H,1-2H3. The van der Waals surface area contributed by atoms with Gasteiger partial charge in [-0.1, -0.05) is 260 Å². The molecule has 0 saturated heterocycles. The molecule has 0 fully saturated rings. The lowest BCUT2D eigenvalue weighted by atomic mass is 9.74. The van der Waals surface area contributed by atoms with E-state index in [9.17, 15) is 10.1 Å². The highest BCUT2D eigenvalue weighted by molar-refractivity contribution is 6.29. The van der Waals surface area contributed by atoms with E-state index in [-0.39, 0.29) is 26.9 Å². The third kappa shape index (κ3) is 8.79. The summed E-state index contributed by atoms with van der Waals surface area (Å²) < 4.78 is 9.57. The minimum Gasteiger partial charge on any atom is -0.354 e. The fourth-order valence-electron chi connectivity index (χ4n) is 18.5. The Balaban J connectivity index is 0.000000107. The third-order valence-corrected chi connectivity index (χ3v) is 23.5. The van der Waals surface area contributed by atoms with Gasteiger partial charge in [0.1, 0.15) is 0 Å². The predicted molar refractivity (Wildman–Crippen MR) is 439 cm³/mol. The van der Waals surface area contributed by atoms with Crippen LogP contribution in [0.4, 0.5) is 5.69 Å². The van der Waals surface area contributed by atoms with Crippen LogP contribution in [0.1, 0.15) is 74.9 Å². The zero-order chi connectivity index (χ0) is 71.9. The van der Waals surface area contributed by atoms with Crippen LogP contribution in [-0.4, -0.2) is 43.1 Å². The van der Waals surface area contributed by atoms with Crippen molar-refractivity contribution in [2.75, 3.05) is 0 Å². The number of nitrogens with one attached hydrogen (secondary N) is 1. The molecule has 107 heavy (non-hydrogen) atoms. The van der Waals surface area contributed by atoms with E-state index in [0.717, 1.165) is 44.0 Å². The first-order valence-electron chi connectivity index (χ1n) is 36.7. The van der Waals surface area contributed by atoms with Crippen molar-refractivity contribution in [3.63, 3.8) is 0 Å². The maximum atomic E-state index is 11.7. The monoisotopic (exact) mass is 1380 g/mol. The van der Waals surface area contributed by atoms with Gasteiger partial charge in [0.05, 0.1) is 77.2 Å². The van der Waals surface area contributed by atoms with Gasteiger partial charge < -0.3 is 18.7 Å². The van der Waals surface area contributed by atoms with Crippen LogP contribution in [0.25, 0.3) is 166 Å². The van der Waals surface area contributed by atoms with Crippen molar-refractivity contribution in [2.45, 2.75) is 57.8 Å². The van der Waals surface area contributed by atoms with Crippen LogP contribution in [0.15, 0.2) is 303 Å². The van der Waals surface area contributed by atoms with E-state index in [1.165, 1.54) is 132 Å². The molecule has 0 spiro atoms. The summed E-state index contributed by atoms with van der Waals surface area (Å²) in [6.45, 7) is 13.9. The summed E-state index contributed by atoms with van der Waals surface area (Å²) in [6, 6.07) is 106. The Morgan fingerprint density at radius 3 is 1.25 bits per heavy atom. The SMILES string of the molecule is CC1(C)c2ccccc2-n2c3ccccc3c3c2c1cc1c2ccccc2n(-c2nc(-c4ccccc4)nc(-c4ccccc4)n2)c13.CC1(C)c2ccccc2-n2c3ccccc3c3c4[nH]c5ccccc5c4cc1c32.CC1(C)c2ccccc2-n2c3ccccc3c3cc(-c4ccccc4[N+](=O)[O-])cc1c32. The average molecular weight is 1380 g/mol. The number of benzene rings is 14. The van der Waals surface area contributed by atoms with Crippen molar-refractivity contribution in [1.82, 2.24) is 38.2 Å². The fraction of sp³-hybridized carbons (Fsp3) is 0.0938. The van der Waals surface area contributed by atoms with Crippen molar-refractivity contribution < 1.29 is 4.92 Å². The summed E-state index contributed by atoms with van der Waals surface area (Å²) in [5, 5.41) is 24.1. The molecule has 0 bridgehead atoms. The lowest BCUT2D eigenvalue weighted by Crippen LogP contribution is -2.26. The van der Waals surface area contributed by atoms with Gasteiger partial charge in [-0.05, 0) is 118 Å². The molecule has 20 aromatic rings. The minimum absolute atomic E-state index is 0.0637. The Bertz CT molecular complexity index is 7150. The van der Waals surface area contributed by atoms with Crippen LogP contribution in [0.3, 0.4) is 0 Å². The Labute approximate surface area is 615 Å². The number of H-pyrrole nitrogens is 1. The number of fused-ring (bicyclic) bond motifs is 23. The summed E-state index contributed by atoms with van der Waals surface area (Å²) in [5.74, 6) is 1.89. The third-order valence-electron chi connectivity index (χ3n) is 23.5. The van der Waals surface area contributed by atoms with Crippen LogP contribution in [0, 0.1) is 10.1 Å². The molecule has 11 heteroatoms.